The highest BCUT2D eigenvalue weighted by Crippen LogP contribution is 2.22. The Hall–Kier alpha value is -1.39. The van der Waals surface area contributed by atoms with Crippen molar-refractivity contribution in [3.8, 4) is 0 Å². The van der Waals surface area contributed by atoms with E-state index in [4.69, 9.17) is 4.74 Å². The van der Waals surface area contributed by atoms with E-state index in [-0.39, 0.29) is 12.3 Å². The zero-order valence-corrected chi connectivity index (χ0v) is 9.87. The van der Waals surface area contributed by atoms with Crippen LogP contribution in [0, 0.1) is 0 Å². The molecule has 0 aromatic heterocycles. The Balaban J connectivity index is 2.10. The average molecular weight is 235 g/mol. The number of rotatable bonds is 4. The minimum atomic E-state index is -0.717. The van der Waals surface area contributed by atoms with Crippen LogP contribution in [0.1, 0.15) is 18.9 Å². The van der Waals surface area contributed by atoms with Crippen LogP contribution in [0.15, 0.2) is 30.3 Å². The molecule has 1 heterocycles. The molecule has 0 spiro atoms. The van der Waals surface area contributed by atoms with Gasteiger partial charge in [0.1, 0.15) is 6.10 Å². The molecule has 1 amide bonds. The molecule has 1 aliphatic heterocycles. The lowest BCUT2D eigenvalue weighted by Crippen LogP contribution is -2.38. The summed E-state index contributed by atoms with van der Waals surface area (Å²) >= 11 is 0. The van der Waals surface area contributed by atoms with Gasteiger partial charge in [-0.3, -0.25) is 4.79 Å². The summed E-state index contributed by atoms with van der Waals surface area (Å²) in [4.78, 5) is 13.4. The van der Waals surface area contributed by atoms with Crippen LogP contribution in [0.5, 0.6) is 0 Å². The number of benzene rings is 1. The Labute approximate surface area is 101 Å². The maximum atomic E-state index is 11.8. The van der Waals surface area contributed by atoms with E-state index >= 15 is 0 Å². The summed E-state index contributed by atoms with van der Waals surface area (Å²) in [5, 5.41) is 9.75. The first-order valence-corrected chi connectivity index (χ1v) is 5.85. The van der Waals surface area contributed by atoms with E-state index in [1.165, 1.54) is 0 Å². The van der Waals surface area contributed by atoms with Crippen LogP contribution in [0.2, 0.25) is 0 Å². The molecule has 4 heteroatoms. The van der Waals surface area contributed by atoms with Crippen molar-refractivity contribution < 1.29 is 14.6 Å². The Morgan fingerprint density at radius 1 is 1.41 bits per heavy atom. The SMILES string of the molecule is CCO[C@@H]1[C@@H](O)CC(=O)N1Cc1ccccc1. The topological polar surface area (TPSA) is 49.8 Å². The molecule has 4 nitrogen and oxygen atoms in total. The molecular formula is C13H17NO3. The third-order valence-electron chi connectivity index (χ3n) is 2.87. The number of aliphatic hydroxyl groups excluding tert-OH is 1. The summed E-state index contributed by atoms with van der Waals surface area (Å²) in [6.07, 6.45) is -1.07. The number of amides is 1. The molecule has 1 aromatic rings. The highest BCUT2D eigenvalue weighted by atomic mass is 16.5. The van der Waals surface area contributed by atoms with Gasteiger partial charge in [-0.05, 0) is 12.5 Å². The van der Waals surface area contributed by atoms with Crippen LogP contribution >= 0.6 is 0 Å². The number of carbonyl (C=O) groups is 1. The van der Waals surface area contributed by atoms with Crippen molar-refractivity contribution in [2.24, 2.45) is 0 Å². The zero-order valence-electron chi connectivity index (χ0n) is 9.87. The van der Waals surface area contributed by atoms with Gasteiger partial charge in [-0.15, -0.1) is 0 Å². The van der Waals surface area contributed by atoms with Crippen LogP contribution in [0.3, 0.4) is 0 Å². The van der Waals surface area contributed by atoms with Gasteiger partial charge in [0.25, 0.3) is 0 Å². The van der Waals surface area contributed by atoms with Gasteiger partial charge < -0.3 is 14.7 Å². The molecule has 1 aliphatic rings. The smallest absolute Gasteiger partial charge is 0.227 e. The summed E-state index contributed by atoms with van der Waals surface area (Å²) in [6, 6.07) is 9.72. The molecule has 0 radical (unpaired) electrons. The van der Waals surface area contributed by atoms with Crippen molar-refractivity contribution in [3.63, 3.8) is 0 Å². The zero-order chi connectivity index (χ0) is 12.3. The number of nitrogens with zero attached hydrogens (tertiary/aromatic N) is 1. The van der Waals surface area contributed by atoms with Crippen LogP contribution in [0.25, 0.3) is 0 Å². The molecule has 1 saturated heterocycles. The fourth-order valence-corrected chi connectivity index (χ4v) is 2.08. The number of carbonyl (C=O) groups excluding carboxylic acids is 1. The van der Waals surface area contributed by atoms with Crippen molar-refractivity contribution in [3.05, 3.63) is 35.9 Å². The minimum absolute atomic E-state index is 0.0557. The van der Waals surface area contributed by atoms with E-state index in [2.05, 4.69) is 0 Å². The fourth-order valence-electron chi connectivity index (χ4n) is 2.08. The van der Waals surface area contributed by atoms with E-state index in [1.807, 2.05) is 37.3 Å². The van der Waals surface area contributed by atoms with Crippen molar-refractivity contribution in [2.45, 2.75) is 32.2 Å². The molecule has 1 aromatic carbocycles. The van der Waals surface area contributed by atoms with Gasteiger partial charge in [-0.2, -0.15) is 0 Å². The van der Waals surface area contributed by atoms with E-state index in [1.54, 1.807) is 4.90 Å². The molecule has 17 heavy (non-hydrogen) atoms. The second-order valence-electron chi connectivity index (χ2n) is 4.12. The molecule has 92 valence electrons. The van der Waals surface area contributed by atoms with Crippen LogP contribution in [0.4, 0.5) is 0 Å². The largest absolute Gasteiger partial charge is 0.388 e. The lowest BCUT2D eigenvalue weighted by atomic mass is 10.2. The quantitative estimate of drug-likeness (QED) is 0.851. The lowest BCUT2D eigenvalue weighted by molar-refractivity contribution is -0.139. The second kappa shape index (κ2) is 5.29. The van der Waals surface area contributed by atoms with E-state index < -0.39 is 12.3 Å². The first kappa shape index (κ1) is 12.1. The molecule has 1 fully saturated rings. The van der Waals surface area contributed by atoms with Gasteiger partial charge in [-0.25, -0.2) is 0 Å². The summed E-state index contributed by atoms with van der Waals surface area (Å²) in [7, 11) is 0. The van der Waals surface area contributed by atoms with Gasteiger partial charge in [0, 0.05) is 13.2 Å². The molecule has 0 saturated carbocycles. The normalized spacial score (nSPS) is 24.4. The summed E-state index contributed by atoms with van der Waals surface area (Å²) < 4.78 is 5.43. The third kappa shape index (κ3) is 2.65. The van der Waals surface area contributed by atoms with Gasteiger partial charge in [0.05, 0.1) is 6.42 Å². The number of hydrogen-bond acceptors (Lipinski definition) is 3. The van der Waals surface area contributed by atoms with Gasteiger partial charge >= 0.3 is 0 Å². The number of aliphatic hydroxyl groups is 1. The molecule has 2 atom stereocenters. The van der Waals surface area contributed by atoms with Crippen molar-refractivity contribution in [1.29, 1.82) is 0 Å². The maximum Gasteiger partial charge on any atom is 0.227 e. The van der Waals surface area contributed by atoms with E-state index in [0.29, 0.717) is 13.2 Å². The summed E-state index contributed by atoms with van der Waals surface area (Å²) in [5.74, 6) is -0.0557. The van der Waals surface area contributed by atoms with Crippen LogP contribution in [-0.4, -0.2) is 34.9 Å². The summed E-state index contributed by atoms with van der Waals surface area (Å²) in [6.45, 7) is 2.83. The number of likely N-dealkylation sites (tertiary alicyclic amines) is 1. The Morgan fingerprint density at radius 2 is 2.12 bits per heavy atom. The van der Waals surface area contributed by atoms with Gasteiger partial charge in [0.2, 0.25) is 5.91 Å². The first-order chi connectivity index (χ1) is 8.22. The lowest BCUT2D eigenvalue weighted by Gasteiger charge is -2.26. The Bertz CT molecular complexity index is 380. The predicted molar refractivity (Wildman–Crippen MR) is 63.0 cm³/mol. The Morgan fingerprint density at radius 3 is 2.76 bits per heavy atom. The number of hydrogen-bond donors (Lipinski definition) is 1. The predicted octanol–water partition coefficient (Wildman–Crippen LogP) is 1.14. The second-order valence-corrected chi connectivity index (χ2v) is 4.12. The van der Waals surface area contributed by atoms with Crippen LogP contribution in [-0.2, 0) is 16.1 Å². The molecule has 0 aliphatic carbocycles. The maximum absolute atomic E-state index is 11.8. The van der Waals surface area contributed by atoms with Gasteiger partial charge in [-0.1, -0.05) is 30.3 Å². The minimum Gasteiger partial charge on any atom is -0.388 e. The highest BCUT2D eigenvalue weighted by molar-refractivity contribution is 5.79. The van der Waals surface area contributed by atoms with E-state index in [0.717, 1.165) is 5.56 Å². The highest BCUT2D eigenvalue weighted by Gasteiger charge is 2.39. The van der Waals surface area contributed by atoms with Crippen molar-refractivity contribution in [1.82, 2.24) is 4.90 Å². The first-order valence-electron chi connectivity index (χ1n) is 5.85. The molecular weight excluding hydrogens is 218 g/mol. The summed E-state index contributed by atoms with van der Waals surface area (Å²) in [5.41, 5.74) is 1.04. The third-order valence-corrected chi connectivity index (χ3v) is 2.87. The molecule has 0 bridgehead atoms. The van der Waals surface area contributed by atoms with Crippen LogP contribution < -0.4 is 0 Å². The number of ether oxygens (including phenoxy) is 1. The fraction of sp³-hybridized carbons (Fsp3) is 0.462. The molecule has 0 unspecified atom stereocenters. The van der Waals surface area contributed by atoms with Crippen molar-refractivity contribution in [2.75, 3.05) is 6.61 Å². The Kier molecular flexibility index (Phi) is 3.76. The van der Waals surface area contributed by atoms with Crippen molar-refractivity contribution >= 4 is 5.91 Å². The molecule has 2 rings (SSSR count). The van der Waals surface area contributed by atoms with Gasteiger partial charge in [0.15, 0.2) is 6.23 Å². The van der Waals surface area contributed by atoms with E-state index in [9.17, 15) is 9.90 Å². The monoisotopic (exact) mass is 235 g/mol. The average Bonchev–Trinajstić information content (AvgIpc) is 2.58. The molecule has 1 N–H and O–H groups in total. The standard InChI is InChI=1S/C13H17NO3/c1-2-17-13-11(15)8-12(16)14(13)9-10-6-4-3-5-7-10/h3-7,11,13,15H,2,8-9H2,1H3/t11-,13+/m0/s1.